The normalized spacial score (nSPS) is 35.6. The summed E-state index contributed by atoms with van der Waals surface area (Å²) in [5.74, 6) is 1.09. The Labute approximate surface area is 93.4 Å². The van der Waals surface area contributed by atoms with Crippen molar-refractivity contribution in [1.82, 2.24) is 0 Å². The first-order valence-electron chi connectivity index (χ1n) is 6.62. The Morgan fingerprint density at radius 1 is 1.07 bits per heavy atom. The first-order valence-corrected chi connectivity index (χ1v) is 6.04. The number of fused-ring (bicyclic) bond motifs is 1. The molecule has 0 aliphatic heterocycles. The van der Waals surface area contributed by atoms with Gasteiger partial charge in [-0.25, -0.2) is 0 Å². The number of hydrogen-bond acceptors (Lipinski definition) is 0. The van der Waals surface area contributed by atoms with Crippen LogP contribution in [0.15, 0.2) is 42.0 Å². The molecule has 0 nitrogen and oxygen atoms in total. The molecule has 2 aliphatic rings. The number of hydrogen-bond donors (Lipinski definition) is 0. The lowest BCUT2D eigenvalue weighted by Gasteiger charge is -2.27. The highest BCUT2D eigenvalue weighted by Gasteiger charge is 2.31. The molecule has 0 spiro atoms. The van der Waals surface area contributed by atoms with Gasteiger partial charge >= 0.3 is 0 Å². The lowest BCUT2D eigenvalue weighted by molar-refractivity contribution is 0.413. The minimum atomic E-state index is -0.0134. The maximum Gasteiger partial charge on any atom is 0.0316 e. The van der Waals surface area contributed by atoms with E-state index in [1.807, 2.05) is 0 Å². The van der Waals surface area contributed by atoms with Crippen molar-refractivity contribution >= 4 is 0 Å². The minimum absolute atomic E-state index is 0.0134. The predicted octanol–water partition coefficient (Wildman–Crippen LogP) is 4.29. The Hall–Kier alpha value is -1.04. The molecule has 2 aliphatic carbocycles. The summed E-state index contributed by atoms with van der Waals surface area (Å²) in [6.45, 7) is 0. The van der Waals surface area contributed by atoms with E-state index in [-0.39, 0.29) is 6.40 Å². The average Bonchev–Trinajstić information content (AvgIpc) is 2.66. The van der Waals surface area contributed by atoms with E-state index in [1.54, 1.807) is 5.57 Å². The van der Waals surface area contributed by atoms with Gasteiger partial charge in [0.05, 0.1) is 0 Å². The third-order valence-electron chi connectivity index (χ3n) is 3.84. The highest BCUT2D eigenvalue weighted by molar-refractivity contribution is 5.30. The van der Waals surface area contributed by atoms with Gasteiger partial charge in [-0.05, 0) is 43.1 Å². The lowest BCUT2D eigenvalue weighted by Crippen LogP contribution is -2.13. The number of allylic oxidation sites excluding steroid dienone is 2. The molecule has 1 aromatic carbocycles. The SMILES string of the molecule is [2H][C@@H]1C=C2CCCC[C@@H]2[C@H]1c1ccccc1. The Morgan fingerprint density at radius 2 is 1.93 bits per heavy atom. The summed E-state index contributed by atoms with van der Waals surface area (Å²) in [5, 5.41) is 0. The van der Waals surface area contributed by atoms with Gasteiger partial charge in [0.25, 0.3) is 0 Å². The molecule has 15 heavy (non-hydrogen) atoms. The van der Waals surface area contributed by atoms with Crippen molar-refractivity contribution in [2.24, 2.45) is 5.92 Å². The van der Waals surface area contributed by atoms with E-state index in [0.717, 1.165) is 0 Å². The van der Waals surface area contributed by atoms with Crippen molar-refractivity contribution in [2.75, 3.05) is 0 Å². The standard InChI is InChI=1S/C15H18/c1-2-6-12(7-3-1)15-11-10-13-8-4-5-9-14(13)15/h1-3,6-7,10,14-15H,4-5,8-9,11H2/t14-,15+/m0/s1/i11D/t11-,14+,15-/m1. The van der Waals surface area contributed by atoms with E-state index in [2.05, 4.69) is 36.4 Å². The van der Waals surface area contributed by atoms with Crippen LogP contribution in [0, 0.1) is 5.92 Å². The van der Waals surface area contributed by atoms with E-state index in [9.17, 15) is 0 Å². The van der Waals surface area contributed by atoms with Crippen LogP contribution in [0.5, 0.6) is 0 Å². The topological polar surface area (TPSA) is 0 Å². The van der Waals surface area contributed by atoms with Gasteiger partial charge in [-0.3, -0.25) is 0 Å². The Kier molecular flexibility index (Phi) is 2.09. The second kappa shape index (κ2) is 3.84. The maximum atomic E-state index is 8.25. The predicted molar refractivity (Wildman–Crippen MR) is 63.8 cm³/mol. The molecular formula is C15H18. The van der Waals surface area contributed by atoms with Crippen LogP contribution in [0.4, 0.5) is 0 Å². The molecule has 0 bridgehead atoms. The smallest absolute Gasteiger partial charge is 0.0316 e. The van der Waals surface area contributed by atoms with E-state index in [1.165, 1.54) is 31.2 Å². The van der Waals surface area contributed by atoms with Gasteiger partial charge in [-0.1, -0.05) is 48.4 Å². The highest BCUT2D eigenvalue weighted by Crippen LogP contribution is 2.46. The monoisotopic (exact) mass is 199 g/mol. The highest BCUT2D eigenvalue weighted by atomic mass is 14.4. The largest absolute Gasteiger partial charge is 0.0844 e. The summed E-state index contributed by atoms with van der Waals surface area (Å²) in [6, 6.07) is 10.6. The molecule has 0 aromatic heterocycles. The third kappa shape index (κ3) is 1.62. The Morgan fingerprint density at radius 3 is 2.80 bits per heavy atom. The molecule has 3 atom stereocenters. The summed E-state index contributed by atoms with van der Waals surface area (Å²) in [5.41, 5.74) is 2.93. The van der Waals surface area contributed by atoms with E-state index in [4.69, 9.17) is 1.37 Å². The van der Waals surface area contributed by atoms with Crippen LogP contribution in [0.1, 0.15) is 44.9 Å². The Balaban J connectivity index is 1.92. The van der Waals surface area contributed by atoms with Crippen LogP contribution in [0.25, 0.3) is 0 Å². The molecule has 3 rings (SSSR count). The molecule has 1 saturated carbocycles. The molecular weight excluding hydrogens is 180 g/mol. The van der Waals surface area contributed by atoms with Gasteiger partial charge in [0.1, 0.15) is 0 Å². The third-order valence-corrected chi connectivity index (χ3v) is 3.84. The van der Waals surface area contributed by atoms with E-state index >= 15 is 0 Å². The fourth-order valence-electron chi connectivity index (χ4n) is 3.06. The van der Waals surface area contributed by atoms with Gasteiger partial charge in [-0.15, -0.1) is 0 Å². The van der Waals surface area contributed by atoms with Crippen molar-refractivity contribution in [3.05, 3.63) is 47.5 Å². The summed E-state index contributed by atoms with van der Waals surface area (Å²) in [6.07, 6.45) is 7.42. The van der Waals surface area contributed by atoms with Crippen molar-refractivity contribution in [3.63, 3.8) is 0 Å². The first kappa shape index (κ1) is 8.15. The van der Waals surface area contributed by atoms with Crippen molar-refractivity contribution < 1.29 is 1.37 Å². The summed E-state index contributed by atoms with van der Waals surface area (Å²) >= 11 is 0. The summed E-state index contributed by atoms with van der Waals surface area (Å²) < 4.78 is 8.25. The van der Waals surface area contributed by atoms with E-state index in [0.29, 0.717) is 11.8 Å². The molecule has 0 unspecified atom stereocenters. The number of benzene rings is 1. The first-order chi connectivity index (χ1) is 7.86. The second-order valence-corrected chi connectivity index (χ2v) is 4.72. The molecule has 0 amide bonds. The molecule has 0 saturated heterocycles. The zero-order chi connectivity index (χ0) is 11.0. The molecule has 1 fully saturated rings. The minimum Gasteiger partial charge on any atom is -0.0844 e. The number of rotatable bonds is 1. The second-order valence-electron chi connectivity index (χ2n) is 4.72. The maximum absolute atomic E-state index is 8.25. The average molecular weight is 199 g/mol. The van der Waals surface area contributed by atoms with Crippen LogP contribution < -0.4 is 0 Å². The van der Waals surface area contributed by atoms with Gasteiger partial charge in [0, 0.05) is 1.37 Å². The van der Waals surface area contributed by atoms with Crippen LogP contribution in [-0.4, -0.2) is 0 Å². The Bertz CT molecular complexity index is 393. The van der Waals surface area contributed by atoms with Crippen LogP contribution in [-0.2, 0) is 0 Å². The molecule has 78 valence electrons. The lowest BCUT2D eigenvalue weighted by atomic mass is 9.78. The molecule has 0 N–H and O–H groups in total. The molecule has 0 heteroatoms. The molecule has 0 radical (unpaired) electrons. The summed E-state index contributed by atoms with van der Waals surface area (Å²) in [4.78, 5) is 0. The zero-order valence-corrected chi connectivity index (χ0v) is 9.02. The zero-order valence-electron chi connectivity index (χ0n) is 10.0. The van der Waals surface area contributed by atoms with Crippen LogP contribution in [0.2, 0.25) is 0 Å². The quantitative estimate of drug-likeness (QED) is 0.592. The van der Waals surface area contributed by atoms with Gasteiger partial charge in [0.2, 0.25) is 0 Å². The molecule has 1 aromatic rings. The van der Waals surface area contributed by atoms with Gasteiger partial charge in [0.15, 0.2) is 0 Å². The molecule has 0 heterocycles. The fraction of sp³-hybridized carbons (Fsp3) is 0.467. The van der Waals surface area contributed by atoms with Crippen molar-refractivity contribution in [3.8, 4) is 0 Å². The van der Waals surface area contributed by atoms with Gasteiger partial charge in [-0.2, -0.15) is 0 Å². The fourth-order valence-corrected chi connectivity index (χ4v) is 3.06. The van der Waals surface area contributed by atoms with E-state index < -0.39 is 0 Å². The van der Waals surface area contributed by atoms with Crippen molar-refractivity contribution in [2.45, 2.75) is 38.0 Å². The summed E-state index contributed by atoms with van der Waals surface area (Å²) in [7, 11) is 0. The van der Waals surface area contributed by atoms with Crippen LogP contribution >= 0.6 is 0 Å². The van der Waals surface area contributed by atoms with Gasteiger partial charge < -0.3 is 0 Å². The van der Waals surface area contributed by atoms with Crippen molar-refractivity contribution in [1.29, 1.82) is 0 Å². The van der Waals surface area contributed by atoms with Crippen LogP contribution in [0.3, 0.4) is 0 Å².